The van der Waals surface area contributed by atoms with E-state index in [-0.39, 0.29) is 16.6 Å². The fraction of sp³-hybridized carbons (Fsp3) is 0.400. The number of carbonyl (C=O) groups is 3. The van der Waals surface area contributed by atoms with Crippen LogP contribution in [0.1, 0.15) is 25.3 Å². The van der Waals surface area contributed by atoms with Crippen LogP contribution in [0.25, 0.3) is 0 Å². The lowest BCUT2D eigenvalue weighted by Gasteiger charge is -2.53. The first-order valence-corrected chi connectivity index (χ1v) is 14.3. The number of likely N-dealkylation sites (tertiary alicyclic amines) is 1. The van der Waals surface area contributed by atoms with E-state index >= 15 is 4.39 Å². The Morgan fingerprint density at radius 1 is 1.00 bits per heavy atom. The Labute approximate surface area is 227 Å². The van der Waals surface area contributed by atoms with Crippen molar-refractivity contribution in [2.24, 2.45) is 11.8 Å². The lowest BCUT2D eigenvalue weighted by atomic mass is 9.81. The van der Waals surface area contributed by atoms with Crippen molar-refractivity contribution in [3.05, 3.63) is 57.4 Å². The molecule has 0 aromatic heterocycles. The Morgan fingerprint density at radius 3 is 2.24 bits per heavy atom. The summed E-state index contributed by atoms with van der Waals surface area (Å²) in [5.74, 6) is -4.13. The van der Waals surface area contributed by atoms with Gasteiger partial charge in [-0.1, -0.05) is 24.6 Å². The summed E-state index contributed by atoms with van der Waals surface area (Å²) in [7, 11) is -2.95. The molecule has 5 rings (SSSR count). The molecular weight excluding hydrogens is 616 g/mol. The second kappa shape index (κ2) is 9.31. The van der Waals surface area contributed by atoms with Gasteiger partial charge >= 0.3 is 6.03 Å². The van der Waals surface area contributed by atoms with Gasteiger partial charge in [0.1, 0.15) is 24.0 Å². The normalized spacial score (nSPS) is 26.5. The number of imide groups is 1. The molecule has 2 aromatic rings. The summed E-state index contributed by atoms with van der Waals surface area (Å²) in [5, 5.41) is 0. The van der Waals surface area contributed by atoms with Gasteiger partial charge in [0, 0.05) is 16.7 Å². The number of piperidine rings is 1. The van der Waals surface area contributed by atoms with Crippen LogP contribution in [-0.2, 0) is 23.9 Å². The van der Waals surface area contributed by atoms with Gasteiger partial charge in [0.05, 0.1) is 16.5 Å². The molecule has 1 saturated carbocycles. The van der Waals surface area contributed by atoms with Crippen LogP contribution < -0.4 is 4.90 Å². The molecule has 0 radical (unpaired) electrons. The molecule has 12 heteroatoms. The van der Waals surface area contributed by atoms with Crippen molar-refractivity contribution < 1.29 is 31.4 Å². The Balaban J connectivity index is 1.63. The molecule has 4 amide bonds. The first-order valence-electron chi connectivity index (χ1n) is 11.8. The molecule has 3 aliphatic rings. The quantitative estimate of drug-likeness (QED) is 0.366. The van der Waals surface area contributed by atoms with E-state index in [4.69, 9.17) is 4.18 Å². The molecular formula is C25H25FIN3O6S. The third kappa shape index (κ3) is 4.42. The Morgan fingerprint density at radius 2 is 1.65 bits per heavy atom. The molecule has 9 nitrogen and oxygen atoms in total. The first kappa shape index (κ1) is 26.0. The molecule has 3 fully saturated rings. The summed E-state index contributed by atoms with van der Waals surface area (Å²) in [5.41, 5.74) is 0.742. The third-order valence-corrected chi connectivity index (χ3v) is 9.13. The van der Waals surface area contributed by atoms with E-state index in [1.54, 1.807) is 18.2 Å². The van der Waals surface area contributed by atoms with Gasteiger partial charge in [-0.3, -0.25) is 23.6 Å². The van der Waals surface area contributed by atoms with Gasteiger partial charge < -0.3 is 4.90 Å². The first-order chi connectivity index (χ1) is 17.4. The maximum Gasteiger partial charge on any atom is 0.333 e. The van der Waals surface area contributed by atoms with Gasteiger partial charge in [0.25, 0.3) is 10.1 Å². The zero-order chi connectivity index (χ0) is 26.8. The van der Waals surface area contributed by atoms with Crippen molar-refractivity contribution in [2.75, 3.05) is 11.9 Å². The van der Waals surface area contributed by atoms with E-state index in [0.717, 1.165) is 15.4 Å². The molecule has 196 valence electrons. The summed E-state index contributed by atoms with van der Waals surface area (Å²) in [4.78, 5) is 44.0. The zero-order valence-electron chi connectivity index (χ0n) is 20.3. The molecule has 37 heavy (non-hydrogen) atoms. The van der Waals surface area contributed by atoms with Crippen molar-refractivity contribution in [3.8, 4) is 0 Å². The Bertz CT molecular complexity index is 1400. The topological polar surface area (TPSA) is 104 Å². The average molecular weight is 641 g/mol. The van der Waals surface area contributed by atoms with Crippen LogP contribution in [0.2, 0.25) is 0 Å². The van der Waals surface area contributed by atoms with E-state index in [9.17, 15) is 22.8 Å². The second-order valence-corrected chi connectivity index (χ2v) is 12.5. The number of amides is 4. The monoisotopic (exact) mass is 641 g/mol. The highest BCUT2D eigenvalue weighted by Gasteiger charge is 2.61. The zero-order valence-corrected chi connectivity index (χ0v) is 23.3. The number of anilines is 1. The van der Waals surface area contributed by atoms with Crippen LogP contribution in [-0.4, -0.2) is 61.4 Å². The number of benzene rings is 2. The number of hydrogen-bond donors (Lipinski definition) is 0. The van der Waals surface area contributed by atoms with Crippen molar-refractivity contribution >= 4 is 56.2 Å². The molecule has 2 aliphatic heterocycles. The number of rotatable bonds is 5. The highest BCUT2D eigenvalue weighted by Crippen LogP contribution is 2.44. The second-order valence-electron chi connectivity index (χ2n) is 9.69. The third-order valence-electron chi connectivity index (χ3n) is 7.13. The molecule has 2 aromatic carbocycles. The molecule has 0 spiro atoms. The average Bonchev–Trinajstić information content (AvgIpc) is 3.66. The number of carbonyl (C=O) groups excluding carboxylic acids is 3. The van der Waals surface area contributed by atoms with Crippen molar-refractivity contribution in [2.45, 2.75) is 49.9 Å². The number of aryl methyl sites for hydroxylation is 1. The van der Waals surface area contributed by atoms with Crippen molar-refractivity contribution in [1.29, 1.82) is 0 Å². The maximum atomic E-state index is 15.2. The summed E-state index contributed by atoms with van der Waals surface area (Å²) in [6.45, 7) is 3.30. The molecule has 0 bridgehead atoms. The molecule has 2 saturated heterocycles. The van der Waals surface area contributed by atoms with E-state index in [2.05, 4.69) is 0 Å². The van der Waals surface area contributed by atoms with Gasteiger partial charge in [-0.05, 0) is 72.7 Å². The molecule has 4 atom stereocenters. The summed E-state index contributed by atoms with van der Waals surface area (Å²) in [6, 6.07) is 9.17. The lowest BCUT2D eigenvalue weighted by Crippen LogP contribution is -2.74. The minimum Gasteiger partial charge on any atom is -0.323 e. The SMILES string of the molecule is Cc1ccc(S(=O)(=O)OC2C(C)C(=O)N(C)C3C2C(=O)N(C2CC2)C(=O)N3c2ccc(I)cc2F)cc1. The maximum absolute atomic E-state index is 15.2. The fourth-order valence-electron chi connectivity index (χ4n) is 5.04. The predicted molar refractivity (Wildman–Crippen MR) is 139 cm³/mol. The number of hydrogen-bond acceptors (Lipinski definition) is 6. The minimum absolute atomic E-state index is 0.104. The van der Waals surface area contributed by atoms with Crippen LogP contribution in [0.5, 0.6) is 0 Å². The predicted octanol–water partition coefficient (Wildman–Crippen LogP) is 3.49. The highest BCUT2D eigenvalue weighted by atomic mass is 127. The number of nitrogens with zero attached hydrogens (tertiary/aromatic N) is 3. The molecule has 4 unspecified atom stereocenters. The molecule has 2 heterocycles. The van der Waals surface area contributed by atoms with Crippen molar-refractivity contribution in [1.82, 2.24) is 9.80 Å². The standard InChI is InChI=1S/C25H25FIN3O6S/c1-13-4-9-17(10-5-13)37(34,35)36-21-14(2)23(31)28(3)22-20(21)24(32)29(16-7-8-16)25(33)30(22)19-11-6-15(27)12-18(19)26/h4-6,9-12,14,16,20-22H,7-8H2,1-3H3. The van der Waals surface area contributed by atoms with Crippen LogP contribution in [0.15, 0.2) is 47.4 Å². The van der Waals surface area contributed by atoms with Crippen molar-refractivity contribution in [3.63, 3.8) is 0 Å². The van der Waals surface area contributed by atoms with Gasteiger partial charge in [0.15, 0.2) is 0 Å². The fourth-order valence-corrected chi connectivity index (χ4v) is 6.65. The summed E-state index contributed by atoms with van der Waals surface area (Å²) in [6.07, 6.45) is -1.49. The van der Waals surface area contributed by atoms with Gasteiger partial charge in [-0.25, -0.2) is 9.18 Å². The summed E-state index contributed by atoms with van der Waals surface area (Å²) < 4.78 is 47.9. The van der Waals surface area contributed by atoms with E-state index in [1.807, 2.05) is 29.5 Å². The van der Waals surface area contributed by atoms with Crippen LogP contribution in [0.4, 0.5) is 14.9 Å². The summed E-state index contributed by atoms with van der Waals surface area (Å²) >= 11 is 1.94. The van der Waals surface area contributed by atoms with E-state index in [1.165, 1.54) is 43.1 Å². The van der Waals surface area contributed by atoms with Crippen LogP contribution in [0, 0.1) is 28.1 Å². The smallest absolute Gasteiger partial charge is 0.323 e. The largest absolute Gasteiger partial charge is 0.333 e. The lowest BCUT2D eigenvalue weighted by molar-refractivity contribution is -0.160. The van der Waals surface area contributed by atoms with Gasteiger partial charge in [0.2, 0.25) is 11.8 Å². The van der Waals surface area contributed by atoms with Crippen LogP contribution >= 0.6 is 22.6 Å². The van der Waals surface area contributed by atoms with Gasteiger partial charge in [-0.2, -0.15) is 8.42 Å². The number of urea groups is 1. The number of fused-ring (bicyclic) bond motifs is 1. The Hall–Kier alpha value is -2.58. The Kier molecular flexibility index (Phi) is 6.55. The van der Waals surface area contributed by atoms with Gasteiger partial charge in [-0.15, -0.1) is 0 Å². The van der Waals surface area contributed by atoms with Crippen LogP contribution in [0.3, 0.4) is 0 Å². The highest BCUT2D eigenvalue weighted by molar-refractivity contribution is 14.1. The van der Waals surface area contributed by atoms with E-state index < -0.39 is 57.9 Å². The molecule has 0 N–H and O–H groups in total. The van der Waals surface area contributed by atoms with E-state index in [0.29, 0.717) is 16.4 Å². The number of halogens is 2. The molecule has 1 aliphatic carbocycles. The minimum atomic E-state index is -4.38.